The number of fused-ring (bicyclic) bond motifs is 1. The van der Waals surface area contributed by atoms with Crippen LogP contribution in [0.1, 0.15) is 38.7 Å². The van der Waals surface area contributed by atoms with Crippen molar-refractivity contribution < 1.29 is 13.2 Å². The predicted molar refractivity (Wildman–Crippen MR) is 101 cm³/mol. The third-order valence-electron chi connectivity index (χ3n) is 5.44. The summed E-state index contributed by atoms with van der Waals surface area (Å²) in [5.41, 5.74) is 1.10. The van der Waals surface area contributed by atoms with Gasteiger partial charge in [0.15, 0.2) is 9.84 Å². The van der Waals surface area contributed by atoms with E-state index in [0.29, 0.717) is 51.4 Å². The molecule has 144 valence electrons. The third kappa shape index (κ3) is 4.43. The Balaban J connectivity index is 1.75. The summed E-state index contributed by atoms with van der Waals surface area (Å²) >= 11 is 0. The van der Waals surface area contributed by atoms with Crippen molar-refractivity contribution in [1.82, 2.24) is 14.8 Å². The van der Waals surface area contributed by atoms with Crippen LogP contribution >= 0.6 is 0 Å². The number of sulfone groups is 1. The molecule has 7 heteroatoms. The second kappa shape index (κ2) is 8.05. The Hall–Kier alpha value is -1.47. The molecule has 2 saturated heterocycles. The van der Waals surface area contributed by atoms with Gasteiger partial charge in [0, 0.05) is 51.0 Å². The molecule has 0 aliphatic carbocycles. The molecule has 0 bridgehead atoms. The molecule has 1 aromatic heterocycles. The highest BCUT2D eigenvalue weighted by atomic mass is 32.2. The summed E-state index contributed by atoms with van der Waals surface area (Å²) in [6.07, 6.45) is 5.37. The first-order valence-corrected chi connectivity index (χ1v) is 11.2. The Labute approximate surface area is 156 Å². The standard InChI is InChI=1S/C19H29N3O3S/c1-15(2)12-19(23)21-8-5-17-18(6-9-21)26(24,25)11-10-22(17)14-16-4-3-7-20-13-16/h3-4,7,13,15,17-18H,5-6,8-12,14H2,1-2H3/t17-,18+/m1/s1. The van der Waals surface area contributed by atoms with Crippen molar-refractivity contribution in [2.24, 2.45) is 5.92 Å². The maximum Gasteiger partial charge on any atom is 0.222 e. The number of hydrogen-bond donors (Lipinski definition) is 0. The van der Waals surface area contributed by atoms with Crippen molar-refractivity contribution in [2.75, 3.05) is 25.4 Å². The normalized spacial score (nSPS) is 26.3. The van der Waals surface area contributed by atoms with Gasteiger partial charge in [-0.05, 0) is 30.4 Å². The summed E-state index contributed by atoms with van der Waals surface area (Å²) in [5, 5.41) is -0.371. The lowest BCUT2D eigenvalue weighted by atomic mass is 10.1. The lowest BCUT2D eigenvalue weighted by Crippen LogP contribution is -2.54. The molecule has 3 heterocycles. The number of rotatable bonds is 4. The third-order valence-corrected chi connectivity index (χ3v) is 7.67. The molecule has 6 nitrogen and oxygen atoms in total. The molecule has 2 aliphatic rings. The number of pyridine rings is 1. The molecule has 0 saturated carbocycles. The van der Waals surface area contributed by atoms with E-state index in [2.05, 4.69) is 9.88 Å². The van der Waals surface area contributed by atoms with E-state index >= 15 is 0 Å². The Morgan fingerprint density at radius 2 is 2.04 bits per heavy atom. The van der Waals surface area contributed by atoms with Gasteiger partial charge >= 0.3 is 0 Å². The molecule has 2 atom stereocenters. The van der Waals surface area contributed by atoms with Gasteiger partial charge in [-0.2, -0.15) is 0 Å². The first-order chi connectivity index (χ1) is 12.4. The number of carbonyl (C=O) groups excluding carboxylic acids is 1. The van der Waals surface area contributed by atoms with Crippen LogP contribution in [0.3, 0.4) is 0 Å². The molecule has 26 heavy (non-hydrogen) atoms. The Morgan fingerprint density at radius 3 is 2.73 bits per heavy atom. The summed E-state index contributed by atoms with van der Waals surface area (Å²) in [7, 11) is -3.10. The molecule has 0 N–H and O–H groups in total. The van der Waals surface area contributed by atoms with Gasteiger partial charge in [0.2, 0.25) is 5.91 Å². The van der Waals surface area contributed by atoms with Gasteiger partial charge in [-0.15, -0.1) is 0 Å². The van der Waals surface area contributed by atoms with Crippen LogP contribution in [0.2, 0.25) is 0 Å². The minimum absolute atomic E-state index is 0.0224. The molecule has 1 amide bonds. The van der Waals surface area contributed by atoms with Crippen molar-refractivity contribution in [3.05, 3.63) is 30.1 Å². The van der Waals surface area contributed by atoms with Crippen LogP contribution in [-0.2, 0) is 21.2 Å². The summed E-state index contributed by atoms with van der Waals surface area (Å²) in [5.74, 6) is 0.669. The predicted octanol–water partition coefficient (Wildman–Crippen LogP) is 1.72. The first kappa shape index (κ1) is 19.3. The molecular formula is C19H29N3O3S. The smallest absolute Gasteiger partial charge is 0.222 e. The van der Waals surface area contributed by atoms with Crippen LogP contribution in [-0.4, -0.2) is 65.8 Å². The fourth-order valence-corrected chi connectivity index (χ4v) is 6.15. The summed E-state index contributed by atoms with van der Waals surface area (Å²) < 4.78 is 25.4. The van der Waals surface area contributed by atoms with Crippen molar-refractivity contribution in [3.63, 3.8) is 0 Å². The van der Waals surface area contributed by atoms with Crippen LogP contribution in [0.5, 0.6) is 0 Å². The number of hydrogen-bond acceptors (Lipinski definition) is 5. The van der Waals surface area contributed by atoms with Crippen LogP contribution in [0, 0.1) is 5.92 Å². The maximum absolute atomic E-state index is 12.7. The summed E-state index contributed by atoms with van der Waals surface area (Å²) in [6.45, 7) is 6.53. The van der Waals surface area contributed by atoms with Crippen LogP contribution in [0.15, 0.2) is 24.5 Å². The SMILES string of the molecule is CC(C)CC(=O)N1CC[C@@H]2[C@H](CC1)S(=O)(=O)CCN2Cc1cccnc1. The largest absolute Gasteiger partial charge is 0.343 e. The number of carbonyl (C=O) groups is 1. The van der Waals surface area contributed by atoms with Crippen LogP contribution in [0.4, 0.5) is 0 Å². The fraction of sp³-hybridized carbons (Fsp3) is 0.684. The number of aromatic nitrogens is 1. The monoisotopic (exact) mass is 379 g/mol. The van der Waals surface area contributed by atoms with Crippen molar-refractivity contribution in [3.8, 4) is 0 Å². The lowest BCUT2D eigenvalue weighted by Gasteiger charge is -2.40. The van der Waals surface area contributed by atoms with E-state index in [9.17, 15) is 13.2 Å². The van der Waals surface area contributed by atoms with Gasteiger partial charge in [-0.1, -0.05) is 19.9 Å². The zero-order valence-electron chi connectivity index (χ0n) is 15.7. The van der Waals surface area contributed by atoms with Gasteiger partial charge in [0.25, 0.3) is 0 Å². The molecule has 2 aliphatic heterocycles. The second-order valence-corrected chi connectivity index (χ2v) is 10.2. The van der Waals surface area contributed by atoms with Crippen molar-refractivity contribution in [1.29, 1.82) is 0 Å². The van der Waals surface area contributed by atoms with E-state index in [1.807, 2.05) is 37.1 Å². The molecule has 3 rings (SSSR count). The van der Waals surface area contributed by atoms with Crippen LogP contribution < -0.4 is 0 Å². The minimum Gasteiger partial charge on any atom is -0.343 e. The van der Waals surface area contributed by atoms with Gasteiger partial charge in [-0.25, -0.2) is 8.42 Å². The van der Waals surface area contributed by atoms with E-state index in [4.69, 9.17) is 0 Å². The van der Waals surface area contributed by atoms with Gasteiger partial charge < -0.3 is 4.90 Å². The molecule has 0 spiro atoms. The molecule has 0 unspecified atom stereocenters. The quantitative estimate of drug-likeness (QED) is 0.797. The number of likely N-dealkylation sites (tertiary alicyclic amines) is 1. The topological polar surface area (TPSA) is 70.6 Å². The fourth-order valence-electron chi connectivity index (χ4n) is 4.11. The lowest BCUT2D eigenvalue weighted by molar-refractivity contribution is -0.131. The highest BCUT2D eigenvalue weighted by Gasteiger charge is 2.43. The first-order valence-electron chi connectivity index (χ1n) is 9.49. The second-order valence-electron chi connectivity index (χ2n) is 7.86. The maximum atomic E-state index is 12.7. The Morgan fingerprint density at radius 1 is 1.27 bits per heavy atom. The van der Waals surface area contributed by atoms with E-state index < -0.39 is 9.84 Å². The Kier molecular flexibility index (Phi) is 5.97. The summed E-state index contributed by atoms with van der Waals surface area (Å²) in [4.78, 5) is 20.8. The summed E-state index contributed by atoms with van der Waals surface area (Å²) in [6, 6.07) is 3.92. The van der Waals surface area contributed by atoms with E-state index in [0.717, 1.165) is 5.56 Å². The van der Waals surface area contributed by atoms with E-state index in [1.165, 1.54) is 0 Å². The zero-order valence-corrected chi connectivity index (χ0v) is 16.5. The van der Waals surface area contributed by atoms with Crippen molar-refractivity contribution in [2.45, 2.75) is 50.9 Å². The van der Waals surface area contributed by atoms with E-state index in [1.54, 1.807) is 6.20 Å². The van der Waals surface area contributed by atoms with Gasteiger partial charge in [0.05, 0.1) is 11.0 Å². The zero-order chi connectivity index (χ0) is 18.7. The minimum atomic E-state index is -3.10. The van der Waals surface area contributed by atoms with Crippen molar-refractivity contribution >= 4 is 15.7 Å². The van der Waals surface area contributed by atoms with Gasteiger partial charge in [0.1, 0.15) is 0 Å². The average molecular weight is 380 g/mol. The highest BCUT2D eigenvalue weighted by Crippen LogP contribution is 2.29. The molecule has 0 radical (unpaired) electrons. The molecule has 0 aromatic carbocycles. The highest BCUT2D eigenvalue weighted by molar-refractivity contribution is 7.92. The molecule has 1 aromatic rings. The Bertz CT molecular complexity index is 721. The van der Waals surface area contributed by atoms with Crippen LogP contribution in [0.25, 0.3) is 0 Å². The molecular weight excluding hydrogens is 350 g/mol. The van der Waals surface area contributed by atoms with E-state index in [-0.39, 0.29) is 23.0 Å². The number of amides is 1. The average Bonchev–Trinajstić information content (AvgIpc) is 2.82. The number of nitrogens with zero attached hydrogens (tertiary/aromatic N) is 3. The molecule has 2 fully saturated rings. The van der Waals surface area contributed by atoms with Gasteiger partial charge in [-0.3, -0.25) is 14.7 Å².